The number of nitrogens with two attached hydrogens (primary N) is 1. The third-order valence-corrected chi connectivity index (χ3v) is 4.54. The van der Waals surface area contributed by atoms with Crippen molar-refractivity contribution < 1.29 is 5.11 Å². The van der Waals surface area contributed by atoms with E-state index in [-0.39, 0.29) is 10.8 Å². The van der Waals surface area contributed by atoms with Crippen molar-refractivity contribution in [3.05, 3.63) is 63.1 Å². The lowest BCUT2D eigenvalue weighted by atomic mass is 10.2. The monoisotopic (exact) mass is 397 g/mol. The van der Waals surface area contributed by atoms with Gasteiger partial charge in [-0.3, -0.25) is 0 Å². The van der Waals surface area contributed by atoms with E-state index in [2.05, 4.69) is 26.1 Å². The maximum atomic E-state index is 9.86. The number of nitrogens with zero attached hydrogens (tertiary/aromatic N) is 2. The number of aromatic hydroxyl groups is 1. The average molecular weight is 399 g/mol. The van der Waals surface area contributed by atoms with Crippen LogP contribution in [-0.2, 0) is 5.75 Å². The van der Waals surface area contributed by atoms with Crippen LogP contribution in [0, 0.1) is 0 Å². The first-order chi connectivity index (χ1) is 10.6. The van der Waals surface area contributed by atoms with Gasteiger partial charge in [-0.15, -0.1) is 5.10 Å². The van der Waals surface area contributed by atoms with E-state index >= 15 is 0 Å². The van der Waals surface area contributed by atoms with Crippen LogP contribution in [0.3, 0.4) is 0 Å². The number of phenols is 1. The highest BCUT2D eigenvalue weighted by Crippen LogP contribution is 2.31. The molecule has 0 radical (unpaired) electrons. The van der Waals surface area contributed by atoms with Gasteiger partial charge in [-0.25, -0.2) is 0 Å². The second-order valence-corrected chi connectivity index (χ2v) is 6.51. The van der Waals surface area contributed by atoms with Gasteiger partial charge in [0, 0.05) is 10.2 Å². The molecule has 3 N–H and O–H groups in total. The van der Waals surface area contributed by atoms with E-state index in [1.807, 2.05) is 30.3 Å². The summed E-state index contributed by atoms with van der Waals surface area (Å²) in [7, 11) is 0. The molecule has 0 atom stereocenters. The fourth-order valence-electron chi connectivity index (χ4n) is 1.58. The standard InChI is InChI=1S/C15H13BrClN3OS/c16-12-6-7-13(17)14(21)11(12)8-19-20-15(18)22-9-10-4-2-1-3-5-10/h1-8,21H,9H2,(H2,18,20). The quantitative estimate of drug-likeness (QED) is 0.456. The van der Waals surface area contributed by atoms with Crippen LogP contribution >= 0.6 is 39.3 Å². The fourth-order valence-corrected chi connectivity index (χ4v) is 2.78. The van der Waals surface area contributed by atoms with E-state index in [9.17, 15) is 5.11 Å². The summed E-state index contributed by atoms with van der Waals surface area (Å²) >= 11 is 10.6. The molecular formula is C15H13BrClN3OS. The van der Waals surface area contributed by atoms with E-state index in [0.29, 0.717) is 15.2 Å². The molecule has 2 rings (SSSR count). The Balaban J connectivity index is 2.00. The zero-order chi connectivity index (χ0) is 15.9. The second kappa shape index (κ2) is 8.22. The number of amidine groups is 1. The molecule has 0 saturated carbocycles. The largest absolute Gasteiger partial charge is 0.506 e. The summed E-state index contributed by atoms with van der Waals surface area (Å²) in [5.41, 5.74) is 7.40. The molecule has 0 aliphatic heterocycles. The van der Waals surface area contributed by atoms with Crippen LogP contribution in [0.1, 0.15) is 11.1 Å². The van der Waals surface area contributed by atoms with Crippen molar-refractivity contribution >= 4 is 50.7 Å². The molecule has 2 aromatic rings. The molecule has 114 valence electrons. The van der Waals surface area contributed by atoms with Gasteiger partial charge < -0.3 is 10.8 Å². The van der Waals surface area contributed by atoms with Gasteiger partial charge in [0.1, 0.15) is 5.75 Å². The lowest BCUT2D eigenvalue weighted by Crippen LogP contribution is -2.06. The minimum atomic E-state index is -0.0505. The Hall–Kier alpha value is -1.50. The maximum Gasteiger partial charge on any atom is 0.180 e. The minimum Gasteiger partial charge on any atom is -0.506 e. The van der Waals surface area contributed by atoms with Crippen LogP contribution in [-0.4, -0.2) is 16.5 Å². The zero-order valence-corrected chi connectivity index (χ0v) is 14.6. The first-order valence-electron chi connectivity index (χ1n) is 6.28. The Morgan fingerprint density at radius 2 is 2.00 bits per heavy atom. The number of phenolic OH excluding ortho intramolecular Hbond substituents is 1. The molecule has 0 fully saturated rings. The number of thioether (sulfide) groups is 1. The molecule has 22 heavy (non-hydrogen) atoms. The van der Waals surface area contributed by atoms with E-state index in [1.54, 1.807) is 12.1 Å². The molecule has 0 aromatic heterocycles. The summed E-state index contributed by atoms with van der Waals surface area (Å²) in [4.78, 5) is 0. The highest BCUT2D eigenvalue weighted by molar-refractivity contribution is 9.10. The normalized spacial score (nSPS) is 12.0. The summed E-state index contributed by atoms with van der Waals surface area (Å²) < 4.78 is 0.670. The number of hydrogen-bond donors (Lipinski definition) is 2. The molecule has 0 aliphatic rings. The van der Waals surface area contributed by atoms with Crippen molar-refractivity contribution in [1.29, 1.82) is 0 Å². The number of benzene rings is 2. The van der Waals surface area contributed by atoms with Crippen LogP contribution in [0.4, 0.5) is 0 Å². The van der Waals surface area contributed by atoms with Gasteiger partial charge in [0.25, 0.3) is 0 Å². The third-order valence-electron chi connectivity index (χ3n) is 2.69. The SMILES string of the molecule is NC(=NN=Cc1c(Br)ccc(Cl)c1O)SCc1ccccc1. The summed E-state index contributed by atoms with van der Waals surface area (Å²) in [6.45, 7) is 0. The van der Waals surface area contributed by atoms with Crippen molar-refractivity contribution in [2.24, 2.45) is 15.9 Å². The lowest BCUT2D eigenvalue weighted by molar-refractivity contribution is 0.474. The van der Waals surface area contributed by atoms with Crippen LogP contribution in [0.5, 0.6) is 5.75 Å². The van der Waals surface area contributed by atoms with Crippen LogP contribution in [0.15, 0.2) is 57.1 Å². The van der Waals surface area contributed by atoms with E-state index in [1.165, 1.54) is 18.0 Å². The Labute approximate surface area is 146 Å². The molecule has 0 unspecified atom stereocenters. The maximum absolute atomic E-state index is 9.86. The Kier molecular flexibility index (Phi) is 6.30. The number of halogens is 2. The Morgan fingerprint density at radius 3 is 2.73 bits per heavy atom. The van der Waals surface area contributed by atoms with Gasteiger partial charge in [-0.2, -0.15) is 5.10 Å². The van der Waals surface area contributed by atoms with Crippen molar-refractivity contribution in [1.82, 2.24) is 0 Å². The molecule has 0 spiro atoms. The van der Waals surface area contributed by atoms with Crippen molar-refractivity contribution in [2.75, 3.05) is 0 Å². The van der Waals surface area contributed by atoms with Gasteiger partial charge in [0.15, 0.2) is 5.17 Å². The molecule has 0 bridgehead atoms. The lowest BCUT2D eigenvalue weighted by Gasteiger charge is -2.03. The van der Waals surface area contributed by atoms with Gasteiger partial charge in [0.2, 0.25) is 0 Å². The Morgan fingerprint density at radius 1 is 1.27 bits per heavy atom. The summed E-state index contributed by atoms with van der Waals surface area (Å²) in [5.74, 6) is 0.670. The number of rotatable bonds is 4. The first kappa shape index (κ1) is 16.9. The molecule has 0 heterocycles. The predicted molar refractivity (Wildman–Crippen MR) is 97.8 cm³/mol. The molecule has 0 aliphatic carbocycles. The average Bonchev–Trinajstić information content (AvgIpc) is 2.53. The van der Waals surface area contributed by atoms with E-state index in [4.69, 9.17) is 17.3 Å². The minimum absolute atomic E-state index is 0.0505. The van der Waals surface area contributed by atoms with Crippen LogP contribution in [0.2, 0.25) is 5.02 Å². The molecule has 0 saturated heterocycles. The van der Waals surface area contributed by atoms with E-state index < -0.39 is 0 Å². The molecular weight excluding hydrogens is 386 g/mol. The van der Waals surface area contributed by atoms with Gasteiger partial charge >= 0.3 is 0 Å². The number of hydrogen-bond acceptors (Lipinski definition) is 4. The van der Waals surface area contributed by atoms with Crippen LogP contribution in [0.25, 0.3) is 0 Å². The van der Waals surface area contributed by atoms with Gasteiger partial charge in [0.05, 0.1) is 16.8 Å². The van der Waals surface area contributed by atoms with Crippen molar-refractivity contribution in [2.45, 2.75) is 5.75 Å². The van der Waals surface area contributed by atoms with Crippen LogP contribution < -0.4 is 5.73 Å². The highest BCUT2D eigenvalue weighted by Gasteiger charge is 2.07. The fraction of sp³-hybridized carbons (Fsp3) is 0.0667. The molecule has 7 heteroatoms. The molecule has 0 amide bonds. The summed E-state index contributed by atoms with van der Waals surface area (Å²) in [6, 6.07) is 13.3. The zero-order valence-electron chi connectivity index (χ0n) is 11.4. The molecule has 2 aromatic carbocycles. The van der Waals surface area contributed by atoms with E-state index in [0.717, 1.165) is 11.3 Å². The van der Waals surface area contributed by atoms with Gasteiger partial charge in [-0.1, -0.05) is 53.7 Å². The first-order valence-corrected chi connectivity index (χ1v) is 8.44. The van der Waals surface area contributed by atoms with Crippen molar-refractivity contribution in [3.63, 3.8) is 0 Å². The summed E-state index contributed by atoms with van der Waals surface area (Å²) in [6.07, 6.45) is 1.40. The predicted octanol–water partition coefficient (Wildman–Crippen LogP) is 4.39. The molecule has 4 nitrogen and oxygen atoms in total. The van der Waals surface area contributed by atoms with Crippen molar-refractivity contribution in [3.8, 4) is 5.75 Å². The Bertz CT molecular complexity index is 707. The smallest absolute Gasteiger partial charge is 0.180 e. The van der Waals surface area contributed by atoms with Gasteiger partial charge in [-0.05, 0) is 33.6 Å². The highest BCUT2D eigenvalue weighted by atomic mass is 79.9. The third kappa shape index (κ3) is 4.76. The second-order valence-electron chi connectivity index (χ2n) is 4.25. The topological polar surface area (TPSA) is 71.0 Å². The summed E-state index contributed by atoms with van der Waals surface area (Å²) in [5, 5.41) is 18.2.